The molecule has 1 fully saturated rings. The van der Waals surface area contributed by atoms with Crippen molar-refractivity contribution in [3.05, 3.63) is 29.8 Å². The number of carbonyl (C=O) groups excluding carboxylic acids is 1. The Labute approximate surface area is 125 Å². The summed E-state index contributed by atoms with van der Waals surface area (Å²) in [7, 11) is 1.62. The highest BCUT2D eigenvalue weighted by Crippen LogP contribution is 2.23. The predicted octanol–water partition coefficient (Wildman–Crippen LogP) is 2.05. The molecule has 116 valence electrons. The number of urea groups is 1. The van der Waals surface area contributed by atoms with E-state index in [9.17, 15) is 9.90 Å². The lowest BCUT2D eigenvalue weighted by Gasteiger charge is -2.25. The standard InChI is InChI=1S/C16H24N2O3/c1-21-15-7-3-5-13(9-15)11-18-16(20)17-10-12-4-2-6-14(19)8-12/h3,5,7,9,12,14,19H,2,4,6,8,10-11H2,1H3,(H2,17,18,20). The first-order valence-corrected chi connectivity index (χ1v) is 7.50. The average molecular weight is 292 g/mol. The molecule has 2 unspecified atom stereocenters. The zero-order chi connectivity index (χ0) is 15.1. The number of carbonyl (C=O) groups is 1. The third-order valence-electron chi connectivity index (χ3n) is 3.89. The second kappa shape index (κ2) is 7.88. The van der Waals surface area contributed by atoms with Crippen LogP contribution in [0.4, 0.5) is 4.79 Å². The molecule has 0 aromatic heterocycles. The molecular formula is C16H24N2O3. The summed E-state index contributed by atoms with van der Waals surface area (Å²) in [5.74, 6) is 1.17. The Kier molecular flexibility index (Phi) is 5.87. The fourth-order valence-corrected chi connectivity index (χ4v) is 2.71. The van der Waals surface area contributed by atoms with Crippen LogP contribution in [0.15, 0.2) is 24.3 Å². The van der Waals surface area contributed by atoms with Crippen LogP contribution in [0.2, 0.25) is 0 Å². The monoisotopic (exact) mass is 292 g/mol. The van der Waals surface area contributed by atoms with E-state index in [-0.39, 0.29) is 12.1 Å². The molecular weight excluding hydrogens is 268 g/mol. The molecule has 21 heavy (non-hydrogen) atoms. The Bertz CT molecular complexity index is 465. The van der Waals surface area contributed by atoms with Crippen molar-refractivity contribution in [1.29, 1.82) is 0 Å². The summed E-state index contributed by atoms with van der Waals surface area (Å²) in [4.78, 5) is 11.8. The van der Waals surface area contributed by atoms with Crippen LogP contribution in [0.25, 0.3) is 0 Å². The largest absolute Gasteiger partial charge is 0.497 e. The summed E-state index contributed by atoms with van der Waals surface area (Å²) in [5, 5.41) is 15.3. The van der Waals surface area contributed by atoms with Gasteiger partial charge in [0, 0.05) is 13.1 Å². The molecule has 0 heterocycles. The number of methoxy groups -OCH3 is 1. The fraction of sp³-hybridized carbons (Fsp3) is 0.562. The van der Waals surface area contributed by atoms with E-state index in [1.54, 1.807) is 7.11 Å². The lowest BCUT2D eigenvalue weighted by atomic mass is 9.87. The van der Waals surface area contributed by atoms with Gasteiger partial charge >= 0.3 is 6.03 Å². The number of aliphatic hydroxyl groups excluding tert-OH is 1. The van der Waals surface area contributed by atoms with Crippen LogP contribution in [0, 0.1) is 5.92 Å². The van der Waals surface area contributed by atoms with Gasteiger partial charge < -0.3 is 20.5 Å². The van der Waals surface area contributed by atoms with Gasteiger partial charge in [0.15, 0.2) is 0 Å². The maximum absolute atomic E-state index is 11.8. The van der Waals surface area contributed by atoms with Gasteiger partial charge in [0.05, 0.1) is 13.2 Å². The van der Waals surface area contributed by atoms with E-state index in [2.05, 4.69) is 10.6 Å². The predicted molar refractivity (Wildman–Crippen MR) is 81.2 cm³/mol. The van der Waals surface area contributed by atoms with Crippen LogP contribution in [-0.4, -0.2) is 30.9 Å². The van der Waals surface area contributed by atoms with E-state index in [0.717, 1.165) is 37.0 Å². The van der Waals surface area contributed by atoms with Crippen molar-refractivity contribution in [3.63, 3.8) is 0 Å². The summed E-state index contributed by atoms with van der Waals surface area (Å²) in [6.45, 7) is 1.09. The van der Waals surface area contributed by atoms with Gasteiger partial charge in [-0.3, -0.25) is 0 Å². The molecule has 1 aromatic carbocycles. The van der Waals surface area contributed by atoms with Gasteiger partial charge in [-0.1, -0.05) is 18.6 Å². The molecule has 3 N–H and O–H groups in total. The highest BCUT2D eigenvalue weighted by atomic mass is 16.5. The Morgan fingerprint density at radius 1 is 1.38 bits per heavy atom. The summed E-state index contributed by atoms with van der Waals surface area (Å²) in [6, 6.07) is 7.45. The topological polar surface area (TPSA) is 70.6 Å². The zero-order valence-corrected chi connectivity index (χ0v) is 12.5. The van der Waals surface area contributed by atoms with Crippen LogP contribution in [0.3, 0.4) is 0 Å². The molecule has 1 aliphatic rings. The third-order valence-corrected chi connectivity index (χ3v) is 3.89. The molecule has 1 aliphatic carbocycles. The van der Waals surface area contributed by atoms with Gasteiger partial charge in [-0.25, -0.2) is 4.79 Å². The first-order chi connectivity index (χ1) is 10.2. The number of nitrogens with one attached hydrogen (secondary N) is 2. The van der Waals surface area contributed by atoms with Gasteiger partial charge in [-0.15, -0.1) is 0 Å². The minimum absolute atomic E-state index is 0.169. The van der Waals surface area contributed by atoms with E-state index in [1.165, 1.54) is 0 Å². The van der Waals surface area contributed by atoms with Crippen molar-refractivity contribution in [2.75, 3.05) is 13.7 Å². The maximum Gasteiger partial charge on any atom is 0.315 e. The molecule has 5 nitrogen and oxygen atoms in total. The number of hydrogen-bond acceptors (Lipinski definition) is 3. The third kappa shape index (κ3) is 5.27. The molecule has 0 spiro atoms. The quantitative estimate of drug-likeness (QED) is 0.778. The molecule has 2 atom stereocenters. The Balaban J connectivity index is 1.69. The highest BCUT2D eigenvalue weighted by molar-refractivity contribution is 5.73. The van der Waals surface area contributed by atoms with Crippen molar-refractivity contribution in [2.24, 2.45) is 5.92 Å². The first kappa shape index (κ1) is 15.6. The zero-order valence-electron chi connectivity index (χ0n) is 12.5. The number of rotatable bonds is 5. The van der Waals surface area contributed by atoms with Gasteiger partial charge in [-0.05, 0) is 42.9 Å². The van der Waals surface area contributed by atoms with Crippen molar-refractivity contribution in [1.82, 2.24) is 10.6 Å². The van der Waals surface area contributed by atoms with E-state index in [4.69, 9.17) is 4.74 Å². The van der Waals surface area contributed by atoms with E-state index < -0.39 is 0 Å². The second-order valence-corrected chi connectivity index (χ2v) is 5.60. The normalized spacial score (nSPS) is 21.6. The molecule has 0 aliphatic heterocycles. The Morgan fingerprint density at radius 2 is 2.24 bits per heavy atom. The summed E-state index contributed by atoms with van der Waals surface area (Å²) in [5.41, 5.74) is 0.998. The van der Waals surface area contributed by atoms with Gasteiger partial charge in [0.25, 0.3) is 0 Å². The molecule has 2 rings (SSSR count). The molecule has 1 saturated carbocycles. The summed E-state index contributed by atoms with van der Waals surface area (Å²) in [6.07, 6.45) is 3.59. The molecule has 0 radical (unpaired) electrons. The number of hydrogen-bond donors (Lipinski definition) is 3. The van der Waals surface area contributed by atoms with Crippen LogP contribution in [0.1, 0.15) is 31.2 Å². The van der Waals surface area contributed by atoms with E-state index >= 15 is 0 Å². The first-order valence-electron chi connectivity index (χ1n) is 7.50. The minimum atomic E-state index is -0.203. The molecule has 0 saturated heterocycles. The van der Waals surface area contributed by atoms with Crippen LogP contribution < -0.4 is 15.4 Å². The molecule has 2 amide bonds. The number of aliphatic hydroxyl groups is 1. The average Bonchev–Trinajstić information content (AvgIpc) is 2.51. The van der Waals surface area contributed by atoms with Crippen molar-refractivity contribution in [3.8, 4) is 5.75 Å². The van der Waals surface area contributed by atoms with E-state index in [0.29, 0.717) is 19.0 Å². The van der Waals surface area contributed by atoms with Gasteiger partial charge in [-0.2, -0.15) is 0 Å². The maximum atomic E-state index is 11.8. The lowest BCUT2D eigenvalue weighted by Crippen LogP contribution is -2.39. The lowest BCUT2D eigenvalue weighted by molar-refractivity contribution is 0.101. The van der Waals surface area contributed by atoms with Crippen molar-refractivity contribution in [2.45, 2.75) is 38.3 Å². The van der Waals surface area contributed by atoms with Crippen LogP contribution in [0.5, 0.6) is 5.75 Å². The van der Waals surface area contributed by atoms with Crippen LogP contribution >= 0.6 is 0 Å². The second-order valence-electron chi connectivity index (χ2n) is 5.60. The van der Waals surface area contributed by atoms with Crippen LogP contribution in [-0.2, 0) is 6.54 Å². The number of amides is 2. The van der Waals surface area contributed by atoms with Gasteiger partial charge in [0.2, 0.25) is 0 Å². The van der Waals surface area contributed by atoms with Crippen molar-refractivity contribution < 1.29 is 14.6 Å². The smallest absolute Gasteiger partial charge is 0.315 e. The fourth-order valence-electron chi connectivity index (χ4n) is 2.71. The van der Waals surface area contributed by atoms with Crippen molar-refractivity contribution >= 4 is 6.03 Å². The summed E-state index contributed by atoms with van der Waals surface area (Å²) < 4.78 is 5.15. The molecule has 1 aromatic rings. The SMILES string of the molecule is COc1cccc(CNC(=O)NCC2CCCC(O)C2)c1. The number of ether oxygens (including phenoxy) is 1. The minimum Gasteiger partial charge on any atom is -0.497 e. The Morgan fingerprint density at radius 3 is 3.00 bits per heavy atom. The summed E-state index contributed by atoms with van der Waals surface area (Å²) >= 11 is 0. The molecule has 0 bridgehead atoms. The Hall–Kier alpha value is -1.75. The van der Waals surface area contributed by atoms with Gasteiger partial charge in [0.1, 0.15) is 5.75 Å². The number of benzene rings is 1. The highest BCUT2D eigenvalue weighted by Gasteiger charge is 2.20. The van der Waals surface area contributed by atoms with E-state index in [1.807, 2.05) is 24.3 Å². The molecule has 5 heteroatoms.